The molecule has 5 heteroatoms. The molecule has 0 amide bonds. The lowest BCUT2D eigenvalue weighted by Gasteiger charge is -2.26. The molecule has 0 saturated carbocycles. The van der Waals surface area contributed by atoms with Crippen molar-refractivity contribution < 1.29 is 19.7 Å². The first kappa shape index (κ1) is 18.5. The smallest absolute Gasteiger partial charge is 0.131 e. The highest BCUT2D eigenvalue weighted by Crippen LogP contribution is 2.45. The summed E-state index contributed by atoms with van der Waals surface area (Å²) in [6, 6.07) is 6.06. The van der Waals surface area contributed by atoms with Gasteiger partial charge in [-0.25, -0.2) is 0 Å². The molecule has 25 heavy (non-hydrogen) atoms. The SMILES string of the molecule is CC(O)COc1c2c(c(OCC(C)O)c3cc(Br)ccc13)CCCC2. The summed E-state index contributed by atoms with van der Waals surface area (Å²) in [6.07, 6.45) is 3.09. The minimum Gasteiger partial charge on any atom is -0.490 e. The number of hydrogen-bond donors (Lipinski definition) is 2. The molecule has 0 radical (unpaired) electrons. The van der Waals surface area contributed by atoms with Gasteiger partial charge in [0.05, 0.1) is 12.2 Å². The average molecular weight is 409 g/mol. The van der Waals surface area contributed by atoms with Crippen molar-refractivity contribution in [2.24, 2.45) is 0 Å². The van der Waals surface area contributed by atoms with Crippen molar-refractivity contribution in [3.05, 3.63) is 33.8 Å². The van der Waals surface area contributed by atoms with Gasteiger partial charge < -0.3 is 19.7 Å². The molecule has 2 atom stereocenters. The van der Waals surface area contributed by atoms with Crippen LogP contribution in [-0.2, 0) is 12.8 Å². The zero-order chi connectivity index (χ0) is 18.0. The maximum atomic E-state index is 9.66. The van der Waals surface area contributed by atoms with Gasteiger partial charge >= 0.3 is 0 Å². The first-order chi connectivity index (χ1) is 12.0. The van der Waals surface area contributed by atoms with Crippen LogP contribution in [0.4, 0.5) is 0 Å². The van der Waals surface area contributed by atoms with E-state index in [-0.39, 0.29) is 13.2 Å². The van der Waals surface area contributed by atoms with E-state index in [0.29, 0.717) is 0 Å². The van der Waals surface area contributed by atoms with Crippen LogP contribution in [-0.4, -0.2) is 35.6 Å². The number of fused-ring (bicyclic) bond motifs is 2. The number of benzene rings is 2. The Bertz CT molecular complexity index is 755. The van der Waals surface area contributed by atoms with Crippen molar-refractivity contribution in [1.29, 1.82) is 0 Å². The van der Waals surface area contributed by atoms with Gasteiger partial charge in [0.1, 0.15) is 24.7 Å². The molecule has 3 rings (SSSR count). The summed E-state index contributed by atoms with van der Waals surface area (Å²) in [5, 5.41) is 21.3. The molecule has 0 bridgehead atoms. The third kappa shape index (κ3) is 4.10. The lowest BCUT2D eigenvalue weighted by molar-refractivity contribution is 0.120. The third-order valence-corrected chi connectivity index (χ3v) is 4.92. The van der Waals surface area contributed by atoms with Crippen LogP contribution in [0, 0.1) is 0 Å². The maximum absolute atomic E-state index is 9.66. The van der Waals surface area contributed by atoms with Crippen molar-refractivity contribution in [2.75, 3.05) is 13.2 Å². The molecule has 4 nitrogen and oxygen atoms in total. The van der Waals surface area contributed by atoms with Crippen LogP contribution in [0.15, 0.2) is 22.7 Å². The fourth-order valence-corrected chi connectivity index (χ4v) is 3.73. The summed E-state index contributed by atoms with van der Waals surface area (Å²) in [6.45, 7) is 3.99. The zero-order valence-corrected chi connectivity index (χ0v) is 16.3. The molecule has 0 aromatic heterocycles. The Hall–Kier alpha value is -1.30. The number of aliphatic hydroxyl groups is 2. The summed E-state index contributed by atoms with van der Waals surface area (Å²) in [5.74, 6) is 1.72. The van der Waals surface area contributed by atoms with E-state index in [2.05, 4.69) is 15.9 Å². The molecule has 0 aliphatic heterocycles. The van der Waals surface area contributed by atoms with Crippen LogP contribution < -0.4 is 9.47 Å². The van der Waals surface area contributed by atoms with Crippen molar-refractivity contribution in [1.82, 2.24) is 0 Å². The van der Waals surface area contributed by atoms with E-state index in [1.807, 2.05) is 18.2 Å². The second-order valence-corrected chi connectivity index (χ2v) is 7.75. The fraction of sp³-hybridized carbons (Fsp3) is 0.500. The molecule has 2 N–H and O–H groups in total. The third-order valence-electron chi connectivity index (χ3n) is 4.42. The average Bonchev–Trinajstić information content (AvgIpc) is 2.57. The molecule has 2 aromatic rings. The molecular formula is C20H25BrO4. The maximum Gasteiger partial charge on any atom is 0.131 e. The Morgan fingerprint density at radius 2 is 1.44 bits per heavy atom. The Morgan fingerprint density at radius 1 is 0.920 bits per heavy atom. The predicted molar refractivity (Wildman–Crippen MR) is 103 cm³/mol. The highest BCUT2D eigenvalue weighted by atomic mass is 79.9. The summed E-state index contributed by atoms with van der Waals surface area (Å²) < 4.78 is 13.0. The Labute approximate surface area is 156 Å². The van der Waals surface area contributed by atoms with E-state index in [1.54, 1.807) is 13.8 Å². The standard InChI is InChI=1S/C20H25BrO4/c1-12(22)10-24-19-15-5-3-4-6-16(15)20(25-11-13(2)23)18-9-14(21)7-8-17(18)19/h7-9,12-13,22-23H,3-6,10-11H2,1-2H3. The minimum absolute atomic E-state index is 0.266. The Morgan fingerprint density at radius 3 is 1.96 bits per heavy atom. The number of hydrogen-bond acceptors (Lipinski definition) is 4. The molecule has 1 aliphatic carbocycles. The summed E-state index contributed by atoms with van der Waals surface area (Å²) in [4.78, 5) is 0. The highest BCUT2D eigenvalue weighted by molar-refractivity contribution is 9.10. The monoisotopic (exact) mass is 408 g/mol. The summed E-state index contributed by atoms with van der Waals surface area (Å²) in [5.41, 5.74) is 2.36. The molecule has 136 valence electrons. The van der Waals surface area contributed by atoms with Crippen molar-refractivity contribution in [2.45, 2.75) is 51.7 Å². The van der Waals surface area contributed by atoms with Gasteiger partial charge in [-0.2, -0.15) is 0 Å². The zero-order valence-electron chi connectivity index (χ0n) is 14.7. The van der Waals surface area contributed by atoms with Crippen LogP contribution in [0.3, 0.4) is 0 Å². The molecule has 1 aliphatic rings. The van der Waals surface area contributed by atoms with Gasteiger partial charge in [0.25, 0.3) is 0 Å². The van der Waals surface area contributed by atoms with E-state index < -0.39 is 12.2 Å². The number of halogens is 1. The highest BCUT2D eigenvalue weighted by Gasteiger charge is 2.24. The van der Waals surface area contributed by atoms with E-state index in [4.69, 9.17) is 9.47 Å². The Balaban J connectivity index is 2.19. The Kier molecular flexibility index (Phi) is 5.87. The van der Waals surface area contributed by atoms with Crippen molar-refractivity contribution >= 4 is 26.7 Å². The first-order valence-corrected chi connectivity index (χ1v) is 9.65. The first-order valence-electron chi connectivity index (χ1n) is 8.86. The van der Waals surface area contributed by atoms with Crippen LogP contribution >= 0.6 is 15.9 Å². The van der Waals surface area contributed by atoms with Gasteiger partial charge in [-0.1, -0.05) is 15.9 Å². The van der Waals surface area contributed by atoms with Gasteiger partial charge in [-0.3, -0.25) is 0 Å². The second-order valence-electron chi connectivity index (χ2n) is 6.83. The second kappa shape index (κ2) is 7.94. The van der Waals surface area contributed by atoms with E-state index in [0.717, 1.165) is 52.4 Å². The number of rotatable bonds is 6. The van der Waals surface area contributed by atoms with E-state index >= 15 is 0 Å². The molecule has 0 fully saturated rings. The normalized spacial score (nSPS) is 16.4. The van der Waals surface area contributed by atoms with Crippen molar-refractivity contribution in [3.8, 4) is 11.5 Å². The number of ether oxygens (including phenoxy) is 2. The van der Waals surface area contributed by atoms with Crippen molar-refractivity contribution in [3.63, 3.8) is 0 Å². The van der Waals surface area contributed by atoms with Crippen LogP contribution in [0.2, 0.25) is 0 Å². The van der Waals surface area contributed by atoms with Crippen LogP contribution in [0.5, 0.6) is 11.5 Å². The van der Waals surface area contributed by atoms with E-state index in [9.17, 15) is 10.2 Å². The lowest BCUT2D eigenvalue weighted by Crippen LogP contribution is -2.18. The van der Waals surface area contributed by atoms with Crippen LogP contribution in [0.25, 0.3) is 10.8 Å². The topological polar surface area (TPSA) is 58.9 Å². The number of aliphatic hydroxyl groups excluding tert-OH is 2. The molecule has 0 saturated heterocycles. The van der Waals surface area contributed by atoms with Crippen LogP contribution in [0.1, 0.15) is 37.8 Å². The summed E-state index contributed by atoms with van der Waals surface area (Å²) >= 11 is 3.54. The fourth-order valence-electron chi connectivity index (χ4n) is 3.37. The predicted octanol–water partition coefficient (Wildman–Crippen LogP) is 4.00. The minimum atomic E-state index is -0.521. The van der Waals surface area contributed by atoms with Gasteiger partial charge in [0, 0.05) is 26.4 Å². The molecular weight excluding hydrogens is 384 g/mol. The van der Waals surface area contributed by atoms with E-state index in [1.165, 1.54) is 11.1 Å². The quantitative estimate of drug-likeness (QED) is 0.757. The molecule has 0 spiro atoms. The lowest BCUT2D eigenvalue weighted by atomic mass is 9.87. The summed E-state index contributed by atoms with van der Waals surface area (Å²) in [7, 11) is 0. The van der Waals surface area contributed by atoms with Gasteiger partial charge in [0.2, 0.25) is 0 Å². The molecule has 2 unspecified atom stereocenters. The molecule has 0 heterocycles. The van der Waals surface area contributed by atoms with Gasteiger partial charge in [-0.15, -0.1) is 0 Å². The van der Waals surface area contributed by atoms with Gasteiger partial charge in [0.15, 0.2) is 0 Å². The van der Waals surface area contributed by atoms with Gasteiger partial charge in [-0.05, 0) is 57.7 Å². The molecule has 2 aromatic carbocycles. The largest absolute Gasteiger partial charge is 0.490 e.